The molecule has 0 amide bonds. The number of hydrogen-bond donors (Lipinski definition) is 1. The van der Waals surface area contributed by atoms with Crippen LogP contribution in [0, 0.1) is 12.8 Å². The van der Waals surface area contributed by atoms with Gasteiger partial charge in [-0.3, -0.25) is 4.79 Å². The molecule has 19 heavy (non-hydrogen) atoms. The Bertz CT molecular complexity index is 618. The second-order valence-corrected chi connectivity index (χ2v) is 5.31. The first kappa shape index (κ1) is 12.0. The molecule has 0 aliphatic heterocycles. The molecule has 2 heteroatoms. The van der Waals surface area contributed by atoms with Crippen molar-refractivity contribution in [1.29, 1.82) is 0 Å². The summed E-state index contributed by atoms with van der Waals surface area (Å²) in [5.41, 5.74) is 9.53. The third-order valence-corrected chi connectivity index (χ3v) is 3.83. The van der Waals surface area contributed by atoms with Crippen LogP contribution in [0.4, 0.5) is 5.69 Å². The molecule has 2 aromatic rings. The van der Waals surface area contributed by atoms with Gasteiger partial charge in [-0.15, -0.1) is 0 Å². The first-order chi connectivity index (χ1) is 9.16. The highest BCUT2D eigenvalue weighted by Crippen LogP contribution is 2.49. The zero-order valence-electron chi connectivity index (χ0n) is 11.0. The summed E-state index contributed by atoms with van der Waals surface area (Å²) in [6.45, 7) is 1.98. The van der Waals surface area contributed by atoms with E-state index < -0.39 is 0 Å². The SMILES string of the molecule is Cc1ccc(N)c(C(=O)C2CC2c2ccccc2)c1. The van der Waals surface area contributed by atoms with Gasteiger partial charge < -0.3 is 5.73 Å². The van der Waals surface area contributed by atoms with Crippen LogP contribution in [0.25, 0.3) is 0 Å². The Labute approximate surface area is 113 Å². The molecule has 2 nitrogen and oxygen atoms in total. The summed E-state index contributed by atoms with van der Waals surface area (Å²) in [4.78, 5) is 12.5. The normalized spacial score (nSPS) is 21.1. The molecule has 2 aromatic carbocycles. The maximum Gasteiger partial charge on any atom is 0.168 e. The first-order valence-electron chi connectivity index (χ1n) is 6.62. The van der Waals surface area contributed by atoms with Crippen LogP contribution >= 0.6 is 0 Å². The Morgan fingerprint density at radius 1 is 1.16 bits per heavy atom. The van der Waals surface area contributed by atoms with E-state index in [1.165, 1.54) is 5.56 Å². The molecule has 0 saturated heterocycles. The summed E-state index contributed by atoms with van der Waals surface area (Å²) in [5, 5.41) is 0. The van der Waals surface area contributed by atoms with Gasteiger partial charge in [0.1, 0.15) is 0 Å². The largest absolute Gasteiger partial charge is 0.398 e. The minimum atomic E-state index is 0.103. The van der Waals surface area contributed by atoms with E-state index in [2.05, 4.69) is 12.1 Å². The summed E-state index contributed by atoms with van der Waals surface area (Å²) in [5.74, 6) is 0.662. The lowest BCUT2D eigenvalue weighted by molar-refractivity contribution is 0.0966. The van der Waals surface area contributed by atoms with Crippen LogP contribution in [-0.4, -0.2) is 5.78 Å². The van der Waals surface area contributed by atoms with Crippen molar-refractivity contribution in [1.82, 2.24) is 0 Å². The summed E-state index contributed by atoms with van der Waals surface area (Å²) in [7, 11) is 0. The van der Waals surface area contributed by atoms with E-state index in [0.29, 0.717) is 17.2 Å². The van der Waals surface area contributed by atoms with Crippen LogP contribution in [-0.2, 0) is 0 Å². The standard InChI is InChI=1S/C17H17NO/c1-11-7-8-16(18)15(9-11)17(19)14-10-13(14)12-5-3-2-4-6-12/h2-9,13-14H,10,18H2,1H3. The lowest BCUT2D eigenvalue weighted by atomic mass is 10.00. The molecule has 2 atom stereocenters. The van der Waals surface area contributed by atoms with E-state index in [1.54, 1.807) is 0 Å². The summed E-state index contributed by atoms with van der Waals surface area (Å²) >= 11 is 0. The molecule has 0 aromatic heterocycles. The van der Waals surface area contributed by atoms with Gasteiger partial charge in [-0.1, -0.05) is 42.0 Å². The molecule has 0 bridgehead atoms. The Balaban J connectivity index is 1.82. The van der Waals surface area contributed by atoms with Gasteiger partial charge in [-0.05, 0) is 37.0 Å². The Morgan fingerprint density at radius 2 is 1.89 bits per heavy atom. The average Bonchev–Trinajstić information content (AvgIpc) is 3.22. The Morgan fingerprint density at radius 3 is 2.63 bits per heavy atom. The van der Waals surface area contributed by atoms with E-state index in [4.69, 9.17) is 5.73 Å². The van der Waals surface area contributed by atoms with E-state index in [9.17, 15) is 4.79 Å². The smallest absolute Gasteiger partial charge is 0.168 e. The third-order valence-electron chi connectivity index (χ3n) is 3.83. The van der Waals surface area contributed by atoms with E-state index in [-0.39, 0.29) is 11.7 Å². The van der Waals surface area contributed by atoms with Crippen LogP contribution in [0.1, 0.15) is 33.8 Å². The topological polar surface area (TPSA) is 43.1 Å². The monoisotopic (exact) mass is 251 g/mol. The number of aryl methyl sites for hydroxylation is 1. The Hall–Kier alpha value is -2.09. The molecule has 3 rings (SSSR count). The third kappa shape index (κ3) is 2.26. The highest BCUT2D eigenvalue weighted by molar-refractivity contribution is 6.04. The highest BCUT2D eigenvalue weighted by Gasteiger charge is 2.44. The number of hydrogen-bond acceptors (Lipinski definition) is 2. The van der Waals surface area contributed by atoms with Gasteiger partial charge in [0, 0.05) is 17.2 Å². The molecule has 1 aliphatic rings. The number of carbonyl (C=O) groups excluding carboxylic acids is 1. The summed E-state index contributed by atoms with van der Waals surface area (Å²) in [6.07, 6.45) is 0.941. The van der Waals surface area contributed by atoms with Gasteiger partial charge in [0.05, 0.1) is 0 Å². The first-order valence-corrected chi connectivity index (χ1v) is 6.62. The second kappa shape index (κ2) is 4.54. The van der Waals surface area contributed by atoms with Crippen molar-refractivity contribution in [3.05, 3.63) is 65.2 Å². The number of carbonyl (C=O) groups is 1. The van der Waals surface area contributed by atoms with E-state index in [0.717, 1.165) is 12.0 Å². The zero-order chi connectivity index (χ0) is 13.4. The van der Waals surface area contributed by atoms with Crippen LogP contribution in [0.3, 0.4) is 0 Å². The predicted molar refractivity (Wildman–Crippen MR) is 77.2 cm³/mol. The molecule has 1 saturated carbocycles. The van der Waals surface area contributed by atoms with Gasteiger partial charge in [0.25, 0.3) is 0 Å². The van der Waals surface area contributed by atoms with Crippen molar-refractivity contribution < 1.29 is 4.79 Å². The van der Waals surface area contributed by atoms with Crippen molar-refractivity contribution in [2.24, 2.45) is 5.92 Å². The molecular weight excluding hydrogens is 234 g/mol. The molecule has 0 spiro atoms. The van der Waals surface area contributed by atoms with Gasteiger partial charge in [0.2, 0.25) is 0 Å². The van der Waals surface area contributed by atoms with E-state index in [1.807, 2.05) is 43.3 Å². The van der Waals surface area contributed by atoms with Crippen molar-refractivity contribution in [3.63, 3.8) is 0 Å². The summed E-state index contributed by atoms with van der Waals surface area (Å²) < 4.78 is 0. The fraction of sp³-hybridized carbons (Fsp3) is 0.235. The fourth-order valence-corrected chi connectivity index (χ4v) is 2.64. The second-order valence-electron chi connectivity index (χ2n) is 5.31. The van der Waals surface area contributed by atoms with Gasteiger partial charge in [-0.2, -0.15) is 0 Å². The van der Waals surface area contributed by atoms with Gasteiger partial charge >= 0.3 is 0 Å². The van der Waals surface area contributed by atoms with Crippen LogP contribution in [0.5, 0.6) is 0 Å². The number of anilines is 1. The lowest BCUT2D eigenvalue weighted by Gasteiger charge is -2.06. The molecular formula is C17H17NO. The van der Waals surface area contributed by atoms with Crippen molar-refractivity contribution in [2.75, 3.05) is 5.73 Å². The minimum Gasteiger partial charge on any atom is -0.398 e. The maximum absolute atomic E-state index is 12.5. The minimum absolute atomic E-state index is 0.103. The van der Waals surface area contributed by atoms with Gasteiger partial charge in [-0.25, -0.2) is 0 Å². The van der Waals surface area contributed by atoms with Crippen LogP contribution < -0.4 is 5.73 Å². The van der Waals surface area contributed by atoms with Crippen molar-refractivity contribution in [3.8, 4) is 0 Å². The molecule has 2 N–H and O–H groups in total. The molecule has 0 heterocycles. The zero-order valence-corrected chi connectivity index (χ0v) is 11.0. The van der Waals surface area contributed by atoms with Crippen LogP contribution in [0.15, 0.2) is 48.5 Å². The highest BCUT2D eigenvalue weighted by atomic mass is 16.1. The molecule has 1 aliphatic carbocycles. The number of ketones is 1. The maximum atomic E-state index is 12.5. The van der Waals surface area contributed by atoms with Crippen LogP contribution in [0.2, 0.25) is 0 Å². The fourth-order valence-electron chi connectivity index (χ4n) is 2.64. The number of nitrogens with two attached hydrogens (primary N) is 1. The van der Waals surface area contributed by atoms with Gasteiger partial charge in [0.15, 0.2) is 5.78 Å². The molecule has 1 fully saturated rings. The van der Waals surface area contributed by atoms with Crippen molar-refractivity contribution >= 4 is 11.5 Å². The lowest BCUT2D eigenvalue weighted by Crippen LogP contribution is -2.07. The van der Waals surface area contributed by atoms with Crippen molar-refractivity contribution in [2.45, 2.75) is 19.3 Å². The predicted octanol–water partition coefficient (Wildman–Crippen LogP) is 3.56. The number of Topliss-reactive ketones (excluding diaryl/α,β-unsaturated/α-hetero) is 1. The number of rotatable bonds is 3. The molecule has 96 valence electrons. The number of nitrogen functional groups attached to an aromatic ring is 1. The Kier molecular flexibility index (Phi) is 2.86. The summed E-state index contributed by atoms with van der Waals surface area (Å²) in [6, 6.07) is 15.9. The quantitative estimate of drug-likeness (QED) is 0.669. The van der Waals surface area contributed by atoms with E-state index >= 15 is 0 Å². The number of benzene rings is 2. The average molecular weight is 251 g/mol. The molecule has 0 radical (unpaired) electrons. The molecule has 2 unspecified atom stereocenters.